The highest BCUT2D eigenvalue weighted by molar-refractivity contribution is 5.41. The summed E-state index contributed by atoms with van der Waals surface area (Å²) in [5.41, 5.74) is 10.6. The quantitative estimate of drug-likeness (QED) is 0.906. The van der Waals surface area contributed by atoms with Gasteiger partial charge in [-0.25, -0.2) is 0 Å². The molecule has 2 nitrogen and oxygen atoms in total. The summed E-state index contributed by atoms with van der Waals surface area (Å²) >= 11 is 0. The molecule has 2 aromatic rings. The topological polar surface area (TPSA) is 35.2 Å². The fourth-order valence-corrected chi connectivity index (χ4v) is 2.42. The molecule has 0 aromatic heterocycles. The van der Waals surface area contributed by atoms with Crippen LogP contribution in [0.5, 0.6) is 5.75 Å². The number of hydrogen-bond acceptors (Lipinski definition) is 2. The van der Waals surface area contributed by atoms with Crippen molar-refractivity contribution in [2.45, 2.75) is 46.3 Å². The van der Waals surface area contributed by atoms with E-state index in [1.54, 1.807) is 0 Å². The normalized spacial score (nSPS) is 11.5. The van der Waals surface area contributed by atoms with Crippen molar-refractivity contribution in [1.82, 2.24) is 0 Å². The van der Waals surface area contributed by atoms with E-state index in [1.807, 2.05) is 12.1 Å². The number of rotatable bonds is 4. The number of aryl methyl sites for hydroxylation is 1. The van der Waals surface area contributed by atoms with Crippen molar-refractivity contribution in [1.29, 1.82) is 0 Å². The van der Waals surface area contributed by atoms with Crippen LogP contribution in [0, 0.1) is 6.92 Å². The van der Waals surface area contributed by atoms with Gasteiger partial charge in [0.2, 0.25) is 0 Å². The highest BCUT2D eigenvalue weighted by Crippen LogP contribution is 2.32. The molecule has 0 unspecified atom stereocenters. The molecule has 0 saturated heterocycles. The molecule has 2 rings (SSSR count). The molecule has 0 saturated carbocycles. The van der Waals surface area contributed by atoms with Crippen LogP contribution in [0.4, 0.5) is 0 Å². The van der Waals surface area contributed by atoms with Gasteiger partial charge in [-0.2, -0.15) is 0 Å². The first-order valence-electron chi connectivity index (χ1n) is 7.42. The van der Waals surface area contributed by atoms with Gasteiger partial charge < -0.3 is 10.5 Å². The lowest BCUT2D eigenvalue weighted by atomic mass is 9.86. The van der Waals surface area contributed by atoms with E-state index in [1.165, 1.54) is 11.1 Å². The second-order valence-electron chi connectivity index (χ2n) is 6.51. The van der Waals surface area contributed by atoms with Crippen LogP contribution < -0.4 is 10.5 Å². The molecule has 112 valence electrons. The Morgan fingerprint density at radius 2 is 1.67 bits per heavy atom. The standard InChI is InChI=1S/C19H25NO/c1-14-9-10-17(19(2,3)4)18(11-14)21-13-16-8-6-5-7-15(16)12-20/h5-11H,12-13,20H2,1-4H3. The van der Waals surface area contributed by atoms with Crippen LogP contribution in [-0.4, -0.2) is 0 Å². The van der Waals surface area contributed by atoms with Gasteiger partial charge in [0.1, 0.15) is 12.4 Å². The van der Waals surface area contributed by atoms with Gasteiger partial charge in [0.15, 0.2) is 0 Å². The summed E-state index contributed by atoms with van der Waals surface area (Å²) in [4.78, 5) is 0. The fourth-order valence-electron chi connectivity index (χ4n) is 2.42. The monoisotopic (exact) mass is 283 g/mol. The van der Waals surface area contributed by atoms with E-state index in [0.717, 1.165) is 16.9 Å². The van der Waals surface area contributed by atoms with E-state index in [2.05, 4.69) is 58.0 Å². The summed E-state index contributed by atoms with van der Waals surface area (Å²) in [6.07, 6.45) is 0. The first-order chi connectivity index (χ1) is 9.91. The minimum atomic E-state index is 0.0659. The molecular formula is C19H25NO. The van der Waals surface area contributed by atoms with E-state index in [9.17, 15) is 0 Å². The van der Waals surface area contributed by atoms with Gasteiger partial charge in [-0.3, -0.25) is 0 Å². The first-order valence-corrected chi connectivity index (χ1v) is 7.42. The summed E-state index contributed by atoms with van der Waals surface area (Å²) in [6, 6.07) is 14.6. The van der Waals surface area contributed by atoms with Crippen LogP contribution in [0.15, 0.2) is 42.5 Å². The molecule has 0 heterocycles. The number of nitrogens with two attached hydrogens (primary N) is 1. The van der Waals surface area contributed by atoms with E-state index in [0.29, 0.717) is 13.2 Å². The van der Waals surface area contributed by atoms with Gasteiger partial charge in [-0.15, -0.1) is 0 Å². The van der Waals surface area contributed by atoms with Crippen molar-refractivity contribution in [3.05, 3.63) is 64.7 Å². The zero-order valence-electron chi connectivity index (χ0n) is 13.4. The Bertz CT molecular complexity index is 611. The zero-order chi connectivity index (χ0) is 15.5. The second kappa shape index (κ2) is 6.31. The lowest BCUT2D eigenvalue weighted by molar-refractivity contribution is 0.296. The molecule has 0 aliphatic heterocycles. The Labute approximate surface area is 127 Å². The minimum absolute atomic E-state index is 0.0659. The maximum absolute atomic E-state index is 6.12. The lowest BCUT2D eigenvalue weighted by Crippen LogP contribution is -2.14. The fraction of sp³-hybridized carbons (Fsp3) is 0.368. The van der Waals surface area contributed by atoms with Crippen molar-refractivity contribution >= 4 is 0 Å². The summed E-state index contributed by atoms with van der Waals surface area (Å²) in [7, 11) is 0. The van der Waals surface area contributed by atoms with Crippen LogP contribution in [0.3, 0.4) is 0 Å². The Morgan fingerprint density at radius 1 is 1.00 bits per heavy atom. The van der Waals surface area contributed by atoms with Crippen molar-refractivity contribution < 1.29 is 4.74 Å². The Hall–Kier alpha value is -1.80. The van der Waals surface area contributed by atoms with E-state index in [-0.39, 0.29) is 5.41 Å². The molecule has 2 heteroatoms. The maximum Gasteiger partial charge on any atom is 0.123 e. The van der Waals surface area contributed by atoms with E-state index < -0.39 is 0 Å². The lowest BCUT2D eigenvalue weighted by Gasteiger charge is -2.23. The largest absolute Gasteiger partial charge is 0.489 e. The average molecular weight is 283 g/mol. The highest BCUT2D eigenvalue weighted by atomic mass is 16.5. The van der Waals surface area contributed by atoms with Crippen LogP contribution in [0.1, 0.15) is 43.0 Å². The number of benzene rings is 2. The molecule has 0 fully saturated rings. The van der Waals surface area contributed by atoms with Gasteiger partial charge in [0, 0.05) is 6.54 Å². The van der Waals surface area contributed by atoms with Gasteiger partial charge in [0.05, 0.1) is 0 Å². The third-order valence-corrected chi connectivity index (χ3v) is 3.67. The smallest absolute Gasteiger partial charge is 0.123 e. The molecule has 0 aliphatic rings. The molecule has 0 bridgehead atoms. The number of hydrogen-bond donors (Lipinski definition) is 1. The molecule has 2 aromatic carbocycles. The van der Waals surface area contributed by atoms with Crippen LogP contribution in [0.2, 0.25) is 0 Å². The van der Waals surface area contributed by atoms with E-state index in [4.69, 9.17) is 10.5 Å². The minimum Gasteiger partial charge on any atom is -0.489 e. The molecule has 0 spiro atoms. The molecule has 0 aliphatic carbocycles. The molecular weight excluding hydrogens is 258 g/mol. The molecule has 21 heavy (non-hydrogen) atoms. The second-order valence-corrected chi connectivity index (χ2v) is 6.51. The summed E-state index contributed by atoms with van der Waals surface area (Å²) in [6.45, 7) is 9.81. The highest BCUT2D eigenvalue weighted by Gasteiger charge is 2.19. The predicted molar refractivity (Wildman–Crippen MR) is 88.5 cm³/mol. The average Bonchev–Trinajstić information content (AvgIpc) is 2.44. The van der Waals surface area contributed by atoms with Gasteiger partial charge in [-0.05, 0) is 40.7 Å². The van der Waals surface area contributed by atoms with E-state index >= 15 is 0 Å². The van der Waals surface area contributed by atoms with Crippen molar-refractivity contribution in [3.63, 3.8) is 0 Å². The summed E-state index contributed by atoms with van der Waals surface area (Å²) < 4.78 is 6.12. The van der Waals surface area contributed by atoms with Gasteiger partial charge in [0.25, 0.3) is 0 Å². The van der Waals surface area contributed by atoms with Crippen LogP contribution in [0.25, 0.3) is 0 Å². The molecule has 0 radical (unpaired) electrons. The zero-order valence-corrected chi connectivity index (χ0v) is 13.4. The first kappa shape index (κ1) is 15.6. The van der Waals surface area contributed by atoms with Crippen molar-refractivity contribution in [2.24, 2.45) is 5.73 Å². The third kappa shape index (κ3) is 3.85. The Balaban J connectivity index is 2.25. The van der Waals surface area contributed by atoms with Crippen molar-refractivity contribution in [2.75, 3.05) is 0 Å². The van der Waals surface area contributed by atoms with Crippen LogP contribution in [-0.2, 0) is 18.6 Å². The molecule has 0 atom stereocenters. The number of ether oxygens (including phenoxy) is 1. The summed E-state index contributed by atoms with van der Waals surface area (Å²) in [5, 5.41) is 0. The summed E-state index contributed by atoms with van der Waals surface area (Å²) in [5.74, 6) is 0.967. The van der Waals surface area contributed by atoms with Gasteiger partial charge in [-0.1, -0.05) is 57.2 Å². The maximum atomic E-state index is 6.12. The Morgan fingerprint density at radius 3 is 2.29 bits per heavy atom. The SMILES string of the molecule is Cc1ccc(C(C)(C)C)c(OCc2ccccc2CN)c1. The Kier molecular flexibility index (Phi) is 4.69. The molecule has 2 N–H and O–H groups in total. The predicted octanol–water partition coefficient (Wildman–Crippen LogP) is 4.33. The van der Waals surface area contributed by atoms with Crippen molar-refractivity contribution in [3.8, 4) is 5.75 Å². The third-order valence-electron chi connectivity index (χ3n) is 3.67. The molecule has 0 amide bonds. The van der Waals surface area contributed by atoms with Gasteiger partial charge >= 0.3 is 0 Å². The van der Waals surface area contributed by atoms with Crippen LogP contribution >= 0.6 is 0 Å².